The van der Waals surface area contributed by atoms with E-state index in [2.05, 4.69) is 15.4 Å². The van der Waals surface area contributed by atoms with Gasteiger partial charge < -0.3 is 5.32 Å². The van der Waals surface area contributed by atoms with Crippen LogP contribution in [0.5, 0.6) is 0 Å². The number of carbonyl (C=O) groups excluding carboxylic acids is 2. The predicted octanol–water partition coefficient (Wildman–Crippen LogP) is 2.80. The van der Waals surface area contributed by atoms with Crippen LogP contribution in [-0.2, 0) is 4.79 Å². The molecule has 3 rings (SSSR count). The van der Waals surface area contributed by atoms with Crippen LogP contribution >= 0.6 is 11.3 Å². The van der Waals surface area contributed by atoms with E-state index in [-0.39, 0.29) is 35.9 Å². The number of nitriles is 1. The second kappa shape index (κ2) is 7.51. The van der Waals surface area contributed by atoms with E-state index in [1.165, 1.54) is 22.2 Å². The smallest absolute Gasteiger partial charge is 0.226 e. The average Bonchev–Trinajstić information content (AvgIpc) is 3.30. The Kier molecular flexibility index (Phi) is 4.97. The zero-order valence-corrected chi connectivity index (χ0v) is 13.9. The van der Waals surface area contributed by atoms with E-state index in [0.29, 0.717) is 10.7 Å². The molecule has 1 amide bonds. The maximum atomic E-state index is 12.2. The van der Waals surface area contributed by atoms with Crippen LogP contribution in [0.2, 0.25) is 0 Å². The van der Waals surface area contributed by atoms with Crippen LogP contribution in [0.25, 0.3) is 5.82 Å². The molecule has 0 unspecified atom stereocenters. The van der Waals surface area contributed by atoms with Crippen molar-refractivity contribution in [2.75, 3.05) is 5.32 Å². The molecule has 0 aliphatic heterocycles. The maximum Gasteiger partial charge on any atom is 0.226 e. The van der Waals surface area contributed by atoms with Gasteiger partial charge in [-0.05, 0) is 23.6 Å². The Balaban J connectivity index is 1.72. The molecule has 0 radical (unpaired) electrons. The number of rotatable bonds is 6. The Hall–Kier alpha value is -3.31. The molecule has 124 valence electrons. The Morgan fingerprint density at radius 3 is 2.80 bits per heavy atom. The van der Waals surface area contributed by atoms with Crippen LogP contribution < -0.4 is 5.32 Å². The number of ketones is 1. The maximum absolute atomic E-state index is 12.2. The van der Waals surface area contributed by atoms with Crippen molar-refractivity contribution in [1.82, 2.24) is 14.8 Å². The van der Waals surface area contributed by atoms with Gasteiger partial charge in [0.2, 0.25) is 5.91 Å². The molecule has 0 saturated heterocycles. The highest BCUT2D eigenvalue weighted by Gasteiger charge is 2.17. The summed E-state index contributed by atoms with van der Waals surface area (Å²) in [5, 5.41) is 17.8. The number of aromatic nitrogens is 3. The third-order valence-corrected chi connectivity index (χ3v) is 4.30. The summed E-state index contributed by atoms with van der Waals surface area (Å²) in [7, 11) is 0. The van der Waals surface area contributed by atoms with Crippen LogP contribution in [-0.4, -0.2) is 26.5 Å². The van der Waals surface area contributed by atoms with E-state index >= 15 is 0 Å². The Bertz CT molecular complexity index is 926. The summed E-state index contributed by atoms with van der Waals surface area (Å²) in [4.78, 5) is 29.0. The fourth-order valence-electron chi connectivity index (χ4n) is 2.19. The molecule has 0 spiro atoms. The molecule has 0 atom stereocenters. The molecule has 0 bridgehead atoms. The minimum Gasteiger partial charge on any atom is -0.309 e. The Morgan fingerprint density at radius 1 is 1.24 bits per heavy atom. The van der Waals surface area contributed by atoms with Gasteiger partial charge in [0.05, 0.1) is 11.1 Å². The summed E-state index contributed by atoms with van der Waals surface area (Å²) >= 11 is 1.35. The molecule has 0 aromatic carbocycles. The molecular weight excluding hydrogens is 338 g/mol. The van der Waals surface area contributed by atoms with E-state index < -0.39 is 0 Å². The average molecular weight is 351 g/mol. The van der Waals surface area contributed by atoms with Gasteiger partial charge in [-0.1, -0.05) is 12.1 Å². The molecule has 3 aromatic heterocycles. The molecule has 0 aliphatic carbocycles. The number of Topliss-reactive ketones (excluding diaryl/α,β-unsaturated/α-hetero) is 1. The monoisotopic (exact) mass is 351 g/mol. The summed E-state index contributed by atoms with van der Waals surface area (Å²) in [6.07, 6.45) is 3.08. The highest BCUT2D eigenvalue weighted by Crippen LogP contribution is 2.19. The first kappa shape index (κ1) is 16.5. The highest BCUT2D eigenvalue weighted by atomic mass is 32.1. The molecule has 25 heavy (non-hydrogen) atoms. The number of nitrogens with zero attached hydrogens (tertiary/aromatic N) is 4. The minimum absolute atomic E-state index is 0.0228. The summed E-state index contributed by atoms with van der Waals surface area (Å²) in [6.45, 7) is 0. The van der Waals surface area contributed by atoms with Crippen LogP contribution in [0.4, 0.5) is 5.82 Å². The molecular formula is C17H13N5O2S. The highest BCUT2D eigenvalue weighted by molar-refractivity contribution is 7.12. The van der Waals surface area contributed by atoms with Gasteiger partial charge in [0.15, 0.2) is 17.4 Å². The van der Waals surface area contributed by atoms with Crippen LogP contribution in [0, 0.1) is 11.3 Å². The van der Waals surface area contributed by atoms with Gasteiger partial charge in [-0.25, -0.2) is 4.98 Å². The van der Waals surface area contributed by atoms with Crippen molar-refractivity contribution in [3.63, 3.8) is 0 Å². The molecule has 3 aromatic rings. The molecule has 0 fully saturated rings. The van der Waals surface area contributed by atoms with E-state index in [4.69, 9.17) is 0 Å². The van der Waals surface area contributed by atoms with Gasteiger partial charge in [-0.2, -0.15) is 15.0 Å². The van der Waals surface area contributed by atoms with E-state index in [1.807, 2.05) is 11.4 Å². The Morgan fingerprint density at radius 2 is 2.12 bits per heavy atom. The summed E-state index contributed by atoms with van der Waals surface area (Å²) in [5.41, 5.74) is 0.226. The number of pyridine rings is 1. The van der Waals surface area contributed by atoms with E-state index in [0.717, 1.165) is 0 Å². The molecule has 8 heteroatoms. The normalized spacial score (nSPS) is 10.2. The summed E-state index contributed by atoms with van der Waals surface area (Å²) in [6, 6.07) is 10.8. The lowest BCUT2D eigenvalue weighted by molar-refractivity contribution is -0.116. The van der Waals surface area contributed by atoms with Crippen molar-refractivity contribution in [3.8, 4) is 11.9 Å². The van der Waals surface area contributed by atoms with Crippen molar-refractivity contribution < 1.29 is 9.59 Å². The lowest BCUT2D eigenvalue weighted by Crippen LogP contribution is -2.17. The first-order valence-electron chi connectivity index (χ1n) is 7.45. The zero-order valence-electron chi connectivity index (χ0n) is 13.0. The van der Waals surface area contributed by atoms with Crippen molar-refractivity contribution in [3.05, 3.63) is 58.5 Å². The van der Waals surface area contributed by atoms with Crippen molar-refractivity contribution >= 4 is 28.8 Å². The standard InChI is InChI=1S/C17H13N5O2S/c18-10-12-11-20-22(15-5-1-2-8-19-15)17(12)21-16(24)7-6-13(23)14-4-3-9-25-14/h1-5,8-9,11H,6-7H2,(H,21,24). The van der Waals surface area contributed by atoms with Crippen molar-refractivity contribution in [1.29, 1.82) is 5.26 Å². The Labute approximate surface area is 147 Å². The molecule has 1 N–H and O–H groups in total. The molecule has 3 heterocycles. The number of hydrogen-bond acceptors (Lipinski definition) is 6. The van der Waals surface area contributed by atoms with E-state index in [1.54, 1.807) is 36.5 Å². The topological polar surface area (TPSA) is 101 Å². The quantitative estimate of drug-likeness (QED) is 0.688. The first-order valence-corrected chi connectivity index (χ1v) is 8.33. The number of amides is 1. The van der Waals surface area contributed by atoms with Gasteiger partial charge in [-0.3, -0.25) is 9.59 Å². The van der Waals surface area contributed by atoms with Crippen molar-refractivity contribution in [2.45, 2.75) is 12.8 Å². The fraction of sp³-hybridized carbons (Fsp3) is 0.118. The van der Waals surface area contributed by atoms with Gasteiger partial charge in [-0.15, -0.1) is 11.3 Å². The lowest BCUT2D eigenvalue weighted by Gasteiger charge is -2.08. The fourth-order valence-corrected chi connectivity index (χ4v) is 2.88. The van der Waals surface area contributed by atoms with E-state index in [9.17, 15) is 14.9 Å². The number of nitrogens with one attached hydrogen (secondary N) is 1. The largest absolute Gasteiger partial charge is 0.309 e. The van der Waals surface area contributed by atoms with Crippen molar-refractivity contribution in [2.24, 2.45) is 0 Å². The number of hydrogen-bond donors (Lipinski definition) is 1. The third kappa shape index (κ3) is 3.79. The predicted molar refractivity (Wildman–Crippen MR) is 92.6 cm³/mol. The second-order valence-electron chi connectivity index (χ2n) is 5.07. The molecule has 0 saturated carbocycles. The van der Waals surface area contributed by atoms with Crippen LogP contribution in [0.15, 0.2) is 48.1 Å². The minimum atomic E-state index is -0.362. The first-order chi connectivity index (χ1) is 12.2. The van der Waals surface area contributed by atoms with Gasteiger partial charge in [0.25, 0.3) is 0 Å². The number of carbonyl (C=O) groups is 2. The van der Waals surface area contributed by atoms with Crippen LogP contribution in [0.1, 0.15) is 28.1 Å². The molecule has 0 aliphatic rings. The second-order valence-corrected chi connectivity index (χ2v) is 6.01. The summed E-state index contributed by atoms with van der Waals surface area (Å²) < 4.78 is 1.39. The lowest BCUT2D eigenvalue weighted by atomic mass is 10.2. The van der Waals surface area contributed by atoms with Gasteiger partial charge >= 0.3 is 0 Å². The molecule has 7 nitrogen and oxygen atoms in total. The number of thiophene rings is 1. The number of anilines is 1. The zero-order chi connectivity index (χ0) is 17.6. The van der Waals surface area contributed by atoms with Crippen LogP contribution in [0.3, 0.4) is 0 Å². The van der Waals surface area contributed by atoms with Gasteiger partial charge in [0, 0.05) is 19.0 Å². The van der Waals surface area contributed by atoms with Gasteiger partial charge in [0.1, 0.15) is 11.6 Å². The summed E-state index contributed by atoms with van der Waals surface area (Å²) in [5.74, 6) is 0.284. The third-order valence-electron chi connectivity index (χ3n) is 3.39. The SMILES string of the molecule is N#Cc1cnn(-c2ccccn2)c1NC(=O)CCC(=O)c1cccs1.